The molecule has 6 nitrogen and oxygen atoms in total. The first-order chi connectivity index (χ1) is 9.04. The minimum absolute atomic E-state index is 0.00655. The average molecular weight is 272 g/mol. The number of methoxy groups -OCH3 is 1. The number of rotatable bonds is 8. The fourth-order valence-corrected chi connectivity index (χ4v) is 2.37. The predicted molar refractivity (Wildman–Crippen MR) is 70.9 cm³/mol. The second-order valence-electron chi connectivity index (χ2n) is 5.06. The van der Waals surface area contributed by atoms with Crippen LogP contribution in [-0.4, -0.2) is 61.3 Å². The van der Waals surface area contributed by atoms with E-state index in [1.807, 2.05) is 6.92 Å². The molecule has 0 aromatic rings. The van der Waals surface area contributed by atoms with Crippen LogP contribution in [0.4, 0.5) is 0 Å². The molecule has 0 saturated carbocycles. The molecule has 19 heavy (non-hydrogen) atoms. The van der Waals surface area contributed by atoms with Crippen LogP contribution in [0.5, 0.6) is 0 Å². The minimum Gasteiger partial charge on any atom is -0.481 e. The third-order valence-corrected chi connectivity index (χ3v) is 3.53. The molecule has 1 saturated heterocycles. The van der Waals surface area contributed by atoms with Crippen LogP contribution in [0.1, 0.15) is 26.2 Å². The first-order valence-electron chi connectivity index (χ1n) is 6.77. The number of nitrogens with zero attached hydrogens (tertiary/aromatic N) is 1. The zero-order valence-corrected chi connectivity index (χ0v) is 11.7. The Labute approximate surface area is 114 Å². The van der Waals surface area contributed by atoms with E-state index in [9.17, 15) is 9.59 Å². The van der Waals surface area contributed by atoms with Crippen LogP contribution in [0.25, 0.3) is 0 Å². The number of aliphatic carboxylic acids is 1. The van der Waals surface area contributed by atoms with E-state index in [-0.39, 0.29) is 24.3 Å². The van der Waals surface area contributed by atoms with Crippen molar-refractivity contribution >= 4 is 11.9 Å². The molecule has 0 aromatic carbocycles. The Morgan fingerprint density at radius 1 is 1.53 bits per heavy atom. The van der Waals surface area contributed by atoms with Crippen LogP contribution in [0.15, 0.2) is 0 Å². The van der Waals surface area contributed by atoms with Gasteiger partial charge in [0.1, 0.15) is 0 Å². The summed E-state index contributed by atoms with van der Waals surface area (Å²) in [5, 5.41) is 11.6. The number of nitrogens with one attached hydrogen (secondary N) is 1. The van der Waals surface area contributed by atoms with E-state index in [1.54, 1.807) is 7.11 Å². The monoisotopic (exact) mass is 272 g/mol. The maximum atomic E-state index is 11.9. The lowest BCUT2D eigenvalue weighted by Gasteiger charge is -2.23. The van der Waals surface area contributed by atoms with Gasteiger partial charge in [0.05, 0.1) is 6.04 Å². The smallest absolute Gasteiger partial charge is 0.303 e. The normalized spacial score (nSPS) is 21.3. The largest absolute Gasteiger partial charge is 0.481 e. The average Bonchev–Trinajstić information content (AvgIpc) is 2.81. The van der Waals surface area contributed by atoms with E-state index in [2.05, 4.69) is 10.2 Å². The molecule has 2 atom stereocenters. The van der Waals surface area contributed by atoms with Crippen molar-refractivity contribution in [2.45, 2.75) is 32.2 Å². The van der Waals surface area contributed by atoms with Crippen molar-refractivity contribution in [3.05, 3.63) is 0 Å². The second kappa shape index (κ2) is 8.12. The molecular weight excluding hydrogens is 248 g/mol. The SMILES string of the molecule is COCCCNC(=O)C(C)N1CCC(CC(=O)O)C1. The minimum atomic E-state index is -0.761. The molecule has 1 rings (SSSR count). The Balaban J connectivity index is 2.27. The molecule has 0 aliphatic carbocycles. The lowest BCUT2D eigenvalue weighted by Crippen LogP contribution is -2.44. The van der Waals surface area contributed by atoms with Gasteiger partial charge < -0.3 is 15.2 Å². The summed E-state index contributed by atoms with van der Waals surface area (Å²) in [5.41, 5.74) is 0. The van der Waals surface area contributed by atoms with Crippen LogP contribution in [0.3, 0.4) is 0 Å². The molecule has 6 heteroatoms. The zero-order chi connectivity index (χ0) is 14.3. The van der Waals surface area contributed by atoms with Crippen LogP contribution >= 0.6 is 0 Å². The highest BCUT2D eigenvalue weighted by atomic mass is 16.5. The summed E-state index contributed by atoms with van der Waals surface area (Å²) in [5.74, 6) is -0.586. The highest BCUT2D eigenvalue weighted by molar-refractivity contribution is 5.81. The Bertz CT molecular complexity index is 309. The van der Waals surface area contributed by atoms with Crippen molar-refractivity contribution in [3.63, 3.8) is 0 Å². The van der Waals surface area contributed by atoms with E-state index in [1.165, 1.54) is 0 Å². The summed E-state index contributed by atoms with van der Waals surface area (Å²) >= 11 is 0. The summed E-state index contributed by atoms with van der Waals surface area (Å²) in [4.78, 5) is 24.6. The number of hydrogen-bond acceptors (Lipinski definition) is 4. The Hall–Kier alpha value is -1.14. The van der Waals surface area contributed by atoms with Crippen molar-refractivity contribution in [1.82, 2.24) is 10.2 Å². The highest BCUT2D eigenvalue weighted by Gasteiger charge is 2.30. The molecule has 2 N–H and O–H groups in total. The third kappa shape index (κ3) is 5.57. The molecule has 110 valence electrons. The van der Waals surface area contributed by atoms with Crippen molar-refractivity contribution in [1.29, 1.82) is 0 Å². The zero-order valence-electron chi connectivity index (χ0n) is 11.7. The van der Waals surface area contributed by atoms with Gasteiger partial charge in [0.15, 0.2) is 0 Å². The number of amides is 1. The van der Waals surface area contributed by atoms with Gasteiger partial charge in [-0.05, 0) is 32.2 Å². The van der Waals surface area contributed by atoms with Gasteiger partial charge in [-0.3, -0.25) is 14.5 Å². The number of carbonyl (C=O) groups is 2. The second-order valence-corrected chi connectivity index (χ2v) is 5.06. The first-order valence-corrected chi connectivity index (χ1v) is 6.77. The van der Waals surface area contributed by atoms with Crippen molar-refractivity contribution in [3.8, 4) is 0 Å². The molecule has 1 heterocycles. The number of hydrogen-bond donors (Lipinski definition) is 2. The van der Waals surface area contributed by atoms with E-state index in [0.29, 0.717) is 19.7 Å². The van der Waals surface area contributed by atoms with Crippen LogP contribution in [0, 0.1) is 5.92 Å². The van der Waals surface area contributed by atoms with Gasteiger partial charge >= 0.3 is 5.97 Å². The molecule has 0 spiro atoms. The van der Waals surface area contributed by atoms with E-state index in [4.69, 9.17) is 9.84 Å². The van der Waals surface area contributed by atoms with E-state index in [0.717, 1.165) is 19.4 Å². The summed E-state index contributed by atoms with van der Waals surface area (Å²) in [7, 11) is 1.64. The molecule has 1 fully saturated rings. The van der Waals surface area contributed by atoms with Gasteiger partial charge in [0, 0.05) is 33.2 Å². The van der Waals surface area contributed by atoms with E-state index < -0.39 is 5.97 Å². The number of carboxylic acid groups (broad SMARTS) is 1. The standard InChI is InChI=1S/C13H24N2O4/c1-10(13(18)14-5-3-7-19-2)15-6-4-11(9-15)8-12(16)17/h10-11H,3-9H2,1-2H3,(H,14,18)(H,16,17). The molecule has 0 aromatic heterocycles. The Morgan fingerprint density at radius 3 is 2.89 bits per heavy atom. The Kier molecular flexibility index (Phi) is 6.80. The molecule has 2 unspecified atom stereocenters. The van der Waals surface area contributed by atoms with Crippen LogP contribution in [-0.2, 0) is 14.3 Å². The molecule has 1 aliphatic heterocycles. The van der Waals surface area contributed by atoms with Crippen molar-refractivity contribution in [2.75, 3.05) is 33.4 Å². The summed E-state index contributed by atoms with van der Waals surface area (Å²) < 4.78 is 4.92. The Morgan fingerprint density at radius 2 is 2.26 bits per heavy atom. The first kappa shape index (κ1) is 15.9. The lowest BCUT2D eigenvalue weighted by molar-refractivity contribution is -0.138. The van der Waals surface area contributed by atoms with Crippen LogP contribution in [0.2, 0.25) is 0 Å². The van der Waals surface area contributed by atoms with Crippen molar-refractivity contribution < 1.29 is 19.4 Å². The maximum absolute atomic E-state index is 11.9. The van der Waals surface area contributed by atoms with Gasteiger partial charge in [-0.25, -0.2) is 0 Å². The highest BCUT2D eigenvalue weighted by Crippen LogP contribution is 2.21. The predicted octanol–water partition coefficient (Wildman–Crippen LogP) is 0.324. The molecule has 1 amide bonds. The van der Waals surface area contributed by atoms with Gasteiger partial charge in [-0.15, -0.1) is 0 Å². The lowest BCUT2D eigenvalue weighted by atomic mass is 10.1. The fraction of sp³-hybridized carbons (Fsp3) is 0.846. The third-order valence-electron chi connectivity index (χ3n) is 3.53. The summed E-state index contributed by atoms with van der Waals surface area (Å²) in [6.45, 7) is 4.61. The van der Waals surface area contributed by atoms with Gasteiger partial charge in [0.2, 0.25) is 5.91 Å². The van der Waals surface area contributed by atoms with E-state index >= 15 is 0 Å². The summed E-state index contributed by atoms with van der Waals surface area (Å²) in [6.07, 6.45) is 1.85. The number of carbonyl (C=O) groups excluding carboxylic acids is 1. The number of carboxylic acids is 1. The van der Waals surface area contributed by atoms with Gasteiger partial charge in [-0.2, -0.15) is 0 Å². The molecule has 0 bridgehead atoms. The quantitative estimate of drug-likeness (QED) is 0.622. The summed E-state index contributed by atoms with van der Waals surface area (Å²) in [6, 6.07) is -0.193. The topological polar surface area (TPSA) is 78.9 Å². The van der Waals surface area contributed by atoms with Crippen LogP contribution < -0.4 is 5.32 Å². The maximum Gasteiger partial charge on any atom is 0.303 e. The fourth-order valence-electron chi connectivity index (χ4n) is 2.37. The molecule has 1 aliphatic rings. The molecular formula is C13H24N2O4. The molecule has 0 radical (unpaired) electrons. The van der Waals surface area contributed by atoms with Crippen molar-refractivity contribution in [2.24, 2.45) is 5.92 Å². The number of likely N-dealkylation sites (tertiary alicyclic amines) is 1. The number of ether oxygens (including phenoxy) is 1. The van der Waals surface area contributed by atoms with Gasteiger partial charge in [-0.1, -0.05) is 0 Å². The van der Waals surface area contributed by atoms with Gasteiger partial charge in [0.25, 0.3) is 0 Å².